The molecule has 1 unspecified atom stereocenters. The summed E-state index contributed by atoms with van der Waals surface area (Å²) >= 11 is 0. The second-order valence-corrected chi connectivity index (χ2v) is 4.43. The van der Waals surface area contributed by atoms with Gasteiger partial charge >= 0.3 is 29.6 Å². The van der Waals surface area contributed by atoms with Gasteiger partial charge in [0.1, 0.15) is 0 Å². The minimum Gasteiger partial charge on any atom is -0.748 e. The minimum atomic E-state index is -4.24. The fourth-order valence-electron chi connectivity index (χ4n) is 0.804. The third-order valence-electron chi connectivity index (χ3n) is 1.50. The molecule has 0 aliphatic rings. The van der Waals surface area contributed by atoms with Gasteiger partial charge in [-0.2, -0.15) is 0 Å². The summed E-state index contributed by atoms with van der Waals surface area (Å²) < 4.78 is 45.6. The quantitative estimate of drug-likeness (QED) is 0.188. The Morgan fingerprint density at radius 2 is 1.76 bits per heavy atom. The van der Waals surface area contributed by atoms with Crippen molar-refractivity contribution in [2.24, 2.45) is 0 Å². The Bertz CT molecular complexity index is 257. The fraction of sp³-hybridized carbons (Fsp3) is 1.00. The topological polar surface area (TPSA) is 105 Å². The molecule has 9 heteroatoms. The predicted octanol–water partition coefficient (Wildman–Crippen LogP) is -4.08. The van der Waals surface area contributed by atoms with Crippen LogP contribution in [0.25, 0.3) is 0 Å². The molecule has 7 nitrogen and oxygen atoms in total. The molecule has 0 bridgehead atoms. The second kappa shape index (κ2) is 11.8. The molecule has 0 saturated heterocycles. The third kappa shape index (κ3) is 16.8. The molecular weight excluding hydrogens is 263 g/mol. The molecule has 0 aromatic carbocycles. The molecule has 0 aliphatic carbocycles. The summed E-state index contributed by atoms with van der Waals surface area (Å²) in [5.74, 6) is -0.568. The first-order chi connectivity index (χ1) is 7.45. The van der Waals surface area contributed by atoms with E-state index in [4.69, 9.17) is 19.3 Å². The van der Waals surface area contributed by atoms with Gasteiger partial charge in [0, 0.05) is 0 Å². The maximum atomic E-state index is 10.2. The standard InChI is InChI=1S/C8H18O7S.Na/c1-8(14-5-4-13-3-2-9)15-6-7-16(10,11)12;/h8-9H,2-7H2,1H3,(H,10,11,12);/q;+1/p-1. The molecule has 0 fully saturated rings. The summed E-state index contributed by atoms with van der Waals surface area (Å²) in [7, 11) is -4.24. The van der Waals surface area contributed by atoms with E-state index < -0.39 is 22.2 Å². The van der Waals surface area contributed by atoms with E-state index in [1.807, 2.05) is 0 Å². The molecule has 0 spiro atoms. The van der Waals surface area contributed by atoms with Crippen molar-refractivity contribution in [3.05, 3.63) is 0 Å². The van der Waals surface area contributed by atoms with E-state index in [0.717, 1.165) is 0 Å². The molecule has 0 aromatic rings. The Labute approximate surface area is 123 Å². The largest absolute Gasteiger partial charge is 1.00 e. The molecule has 0 radical (unpaired) electrons. The van der Waals surface area contributed by atoms with Crippen molar-refractivity contribution in [3.8, 4) is 0 Å². The van der Waals surface area contributed by atoms with Crippen LogP contribution in [0, 0.1) is 0 Å². The van der Waals surface area contributed by atoms with Crippen LogP contribution in [0.5, 0.6) is 0 Å². The van der Waals surface area contributed by atoms with Crippen LogP contribution in [0.15, 0.2) is 0 Å². The minimum absolute atomic E-state index is 0. The Morgan fingerprint density at radius 1 is 1.18 bits per heavy atom. The maximum absolute atomic E-state index is 10.2. The first-order valence-electron chi connectivity index (χ1n) is 4.81. The van der Waals surface area contributed by atoms with Crippen molar-refractivity contribution in [3.63, 3.8) is 0 Å². The van der Waals surface area contributed by atoms with E-state index in [9.17, 15) is 13.0 Å². The van der Waals surface area contributed by atoms with E-state index in [1.54, 1.807) is 6.92 Å². The molecule has 98 valence electrons. The fourth-order valence-corrected chi connectivity index (χ4v) is 1.10. The Hall–Kier alpha value is 0.750. The van der Waals surface area contributed by atoms with Crippen molar-refractivity contribution in [1.82, 2.24) is 0 Å². The molecule has 0 saturated carbocycles. The van der Waals surface area contributed by atoms with Gasteiger partial charge in [-0.25, -0.2) is 8.42 Å². The van der Waals surface area contributed by atoms with Crippen molar-refractivity contribution in [2.75, 3.05) is 38.8 Å². The zero-order valence-corrected chi connectivity index (χ0v) is 12.9. The van der Waals surface area contributed by atoms with E-state index in [0.29, 0.717) is 6.61 Å². The van der Waals surface area contributed by atoms with Gasteiger partial charge in [-0.1, -0.05) is 0 Å². The van der Waals surface area contributed by atoms with Crippen LogP contribution < -0.4 is 29.6 Å². The van der Waals surface area contributed by atoms with Crippen molar-refractivity contribution < 1.29 is 61.8 Å². The molecule has 1 atom stereocenters. The molecule has 0 aliphatic heterocycles. The number of aliphatic hydroxyl groups excluding tert-OH is 1. The van der Waals surface area contributed by atoms with E-state index in [1.165, 1.54) is 0 Å². The average molecular weight is 280 g/mol. The van der Waals surface area contributed by atoms with Gasteiger partial charge in [0.25, 0.3) is 0 Å². The summed E-state index contributed by atoms with van der Waals surface area (Å²) in [5, 5.41) is 8.39. The van der Waals surface area contributed by atoms with E-state index in [2.05, 4.69) is 0 Å². The van der Waals surface area contributed by atoms with Crippen LogP contribution in [0.4, 0.5) is 0 Å². The van der Waals surface area contributed by atoms with Crippen LogP contribution in [-0.2, 0) is 24.3 Å². The molecule has 0 amide bonds. The first-order valence-corrected chi connectivity index (χ1v) is 6.39. The number of ether oxygens (including phenoxy) is 3. The predicted molar refractivity (Wildman–Crippen MR) is 53.8 cm³/mol. The SMILES string of the molecule is CC(OCCOCCO)OCCS(=O)(=O)[O-].[Na+]. The Kier molecular flexibility index (Phi) is 14.0. The third-order valence-corrected chi connectivity index (χ3v) is 2.17. The molecular formula is C8H17NaO7S. The van der Waals surface area contributed by atoms with Crippen LogP contribution in [0.1, 0.15) is 6.92 Å². The zero-order chi connectivity index (χ0) is 12.4. The van der Waals surface area contributed by atoms with E-state index in [-0.39, 0.29) is 56.0 Å². The molecule has 17 heavy (non-hydrogen) atoms. The molecule has 1 N–H and O–H groups in total. The Morgan fingerprint density at radius 3 is 2.29 bits per heavy atom. The molecule has 0 rings (SSSR count). The first kappa shape index (κ1) is 20.1. The van der Waals surface area contributed by atoms with Gasteiger partial charge in [0.15, 0.2) is 6.29 Å². The second-order valence-electron chi connectivity index (χ2n) is 2.91. The van der Waals surface area contributed by atoms with Gasteiger partial charge in [-0.3, -0.25) is 0 Å². The smallest absolute Gasteiger partial charge is 0.748 e. The summed E-state index contributed by atoms with van der Waals surface area (Å²) in [4.78, 5) is 0. The van der Waals surface area contributed by atoms with Gasteiger partial charge in [-0.15, -0.1) is 0 Å². The summed E-state index contributed by atoms with van der Waals surface area (Å²) in [6.45, 7) is 2.17. The normalized spacial score (nSPS) is 13.1. The van der Waals surface area contributed by atoms with Crippen LogP contribution >= 0.6 is 0 Å². The number of rotatable bonds is 10. The van der Waals surface area contributed by atoms with Crippen molar-refractivity contribution in [2.45, 2.75) is 13.2 Å². The average Bonchev–Trinajstić information content (AvgIpc) is 2.15. The van der Waals surface area contributed by atoms with Gasteiger partial charge in [0.05, 0.1) is 48.9 Å². The van der Waals surface area contributed by atoms with Crippen molar-refractivity contribution >= 4 is 10.1 Å². The molecule has 0 aromatic heterocycles. The zero-order valence-electron chi connectivity index (χ0n) is 10.1. The summed E-state index contributed by atoms with van der Waals surface area (Å²) in [6.07, 6.45) is -0.598. The summed E-state index contributed by atoms with van der Waals surface area (Å²) in [6, 6.07) is 0. The van der Waals surface area contributed by atoms with E-state index >= 15 is 0 Å². The Balaban J connectivity index is 0. The number of aliphatic hydroxyl groups is 1. The summed E-state index contributed by atoms with van der Waals surface area (Å²) in [5.41, 5.74) is 0. The van der Waals surface area contributed by atoms with Crippen molar-refractivity contribution in [1.29, 1.82) is 0 Å². The van der Waals surface area contributed by atoms with Gasteiger partial charge < -0.3 is 23.9 Å². The van der Waals surface area contributed by atoms with Gasteiger partial charge in [-0.05, 0) is 6.92 Å². The van der Waals surface area contributed by atoms with Crippen LogP contribution in [0.2, 0.25) is 0 Å². The van der Waals surface area contributed by atoms with Crippen LogP contribution in [0.3, 0.4) is 0 Å². The number of hydrogen-bond donors (Lipinski definition) is 1. The maximum Gasteiger partial charge on any atom is 1.00 e. The van der Waals surface area contributed by atoms with Gasteiger partial charge in [0.2, 0.25) is 0 Å². The number of hydrogen-bond acceptors (Lipinski definition) is 7. The van der Waals surface area contributed by atoms with Crippen LogP contribution in [-0.4, -0.2) is 63.2 Å². The monoisotopic (exact) mass is 280 g/mol. The molecule has 0 heterocycles.